The van der Waals surface area contributed by atoms with Gasteiger partial charge < -0.3 is 4.74 Å². The van der Waals surface area contributed by atoms with E-state index in [0.717, 1.165) is 12.0 Å². The summed E-state index contributed by atoms with van der Waals surface area (Å²) in [6, 6.07) is 6.44. The molecule has 1 N–H and O–H groups in total. The van der Waals surface area contributed by atoms with E-state index in [0.29, 0.717) is 27.1 Å². The second-order valence-electron chi connectivity index (χ2n) is 4.68. The van der Waals surface area contributed by atoms with Crippen molar-refractivity contribution in [2.75, 3.05) is 12.0 Å². The predicted molar refractivity (Wildman–Crippen MR) is 85.6 cm³/mol. The second-order valence-corrected chi connectivity index (χ2v) is 5.52. The highest BCUT2D eigenvalue weighted by molar-refractivity contribution is 6.35. The molecule has 22 heavy (non-hydrogen) atoms. The molecule has 0 fully saturated rings. The zero-order chi connectivity index (χ0) is 16.3. The van der Waals surface area contributed by atoms with Crippen molar-refractivity contribution >= 4 is 35.4 Å². The molecule has 116 valence electrons. The number of halogens is 2. The van der Waals surface area contributed by atoms with Crippen LogP contribution in [0.15, 0.2) is 24.3 Å². The van der Waals surface area contributed by atoms with Crippen LogP contribution >= 0.6 is 23.2 Å². The molecule has 0 saturated heterocycles. The molecular weight excluding hydrogens is 327 g/mol. The minimum Gasteiger partial charge on any atom is -0.482 e. The van der Waals surface area contributed by atoms with E-state index in [2.05, 4.69) is 5.43 Å². The van der Waals surface area contributed by atoms with Crippen molar-refractivity contribution in [3.63, 3.8) is 0 Å². The number of aryl methyl sites for hydroxylation is 1. The summed E-state index contributed by atoms with van der Waals surface area (Å²) in [7, 11) is 0. The van der Waals surface area contributed by atoms with Gasteiger partial charge in [0, 0.05) is 22.0 Å². The van der Waals surface area contributed by atoms with Crippen LogP contribution in [0.3, 0.4) is 0 Å². The summed E-state index contributed by atoms with van der Waals surface area (Å²) < 4.78 is 6.89. The molecule has 0 aliphatic heterocycles. The summed E-state index contributed by atoms with van der Waals surface area (Å²) in [6.07, 6.45) is 0.745. The fraction of sp³-hybridized carbons (Fsp3) is 0.200. The van der Waals surface area contributed by atoms with Gasteiger partial charge >= 0.3 is 0 Å². The molecule has 0 atom stereocenters. The number of amides is 1. The summed E-state index contributed by atoms with van der Waals surface area (Å²) in [5.41, 5.74) is 4.59. The van der Waals surface area contributed by atoms with Gasteiger partial charge in [0.05, 0.1) is 5.02 Å². The van der Waals surface area contributed by atoms with Crippen molar-refractivity contribution in [3.05, 3.63) is 51.3 Å². The van der Waals surface area contributed by atoms with Gasteiger partial charge in [-0.15, -0.1) is 0 Å². The van der Waals surface area contributed by atoms with Gasteiger partial charge in [-0.05, 0) is 38.1 Å². The van der Waals surface area contributed by atoms with Crippen molar-refractivity contribution in [2.24, 2.45) is 0 Å². The molecule has 1 aromatic heterocycles. The van der Waals surface area contributed by atoms with E-state index in [1.54, 1.807) is 36.7 Å². The highest BCUT2D eigenvalue weighted by atomic mass is 35.5. The fourth-order valence-electron chi connectivity index (χ4n) is 1.97. The van der Waals surface area contributed by atoms with Gasteiger partial charge in [-0.2, -0.15) is 0 Å². The number of rotatable bonds is 5. The third-order valence-corrected chi connectivity index (χ3v) is 3.62. The first-order chi connectivity index (χ1) is 10.4. The van der Waals surface area contributed by atoms with Crippen LogP contribution in [0.25, 0.3) is 0 Å². The lowest BCUT2D eigenvalue weighted by atomic mass is 10.3. The Morgan fingerprint density at radius 1 is 1.32 bits per heavy atom. The maximum absolute atomic E-state index is 12.0. The van der Waals surface area contributed by atoms with Crippen LogP contribution in [-0.4, -0.2) is 23.5 Å². The number of aldehydes is 1. The van der Waals surface area contributed by atoms with Crippen LogP contribution in [0.4, 0.5) is 0 Å². The van der Waals surface area contributed by atoms with Crippen molar-refractivity contribution in [3.8, 4) is 5.75 Å². The van der Waals surface area contributed by atoms with Gasteiger partial charge in [0.15, 0.2) is 12.9 Å². The lowest BCUT2D eigenvalue weighted by molar-refractivity contribution is -0.119. The average Bonchev–Trinajstić information content (AvgIpc) is 2.74. The first kappa shape index (κ1) is 16.4. The zero-order valence-electron chi connectivity index (χ0n) is 12.0. The van der Waals surface area contributed by atoms with Crippen molar-refractivity contribution < 1.29 is 14.3 Å². The summed E-state index contributed by atoms with van der Waals surface area (Å²) in [5, 5.41) is 0.818. The Balaban J connectivity index is 2.02. The molecular formula is C15H14Cl2N2O3. The van der Waals surface area contributed by atoms with E-state index >= 15 is 0 Å². The van der Waals surface area contributed by atoms with Gasteiger partial charge in [0.2, 0.25) is 0 Å². The van der Waals surface area contributed by atoms with Gasteiger partial charge in [0.25, 0.3) is 5.91 Å². The van der Waals surface area contributed by atoms with Gasteiger partial charge in [-0.1, -0.05) is 23.2 Å². The number of carbonyl (C=O) groups excluding carboxylic acids is 2. The molecule has 1 amide bonds. The Bertz CT molecular complexity index is 726. The molecule has 0 saturated carbocycles. The standard InChI is InChI=1S/C15H14Cl2N2O3/c1-9-5-11(7-20)10(2)19(9)18-15(21)8-22-14-4-3-12(16)6-13(14)17/h3-7H,8H2,1-2H3,(H,18,21). The van der Waals surface area contributed by atoms with E-state index in [1.165, 1.54) is 6.07 Å². The van der Waals surface area contributed by atoms with Crippen LogP contribution in [-0.2, 0) is 4.79 Å². The highest BCUT2D eigenvalue weighted by Gasteiger charge is 2.12. The van der Waals surface area contributed by atoms with Gasteiger partial charge in [-0.3, -0.25) is 19.7 Å². The first-order valence-electron chi connectivity index (χ1n) is 6.44. The molecule has 1 aromatic carbocycles. The largest absolute Gasteiger partial charge is 0.482 e. The quantitative estimate of drug-likeness (QED) is 0.849. The lowest BCUT2D eigenvalue weighted by Gasteiger charge is -2.12. The van der Waals surface area contributed by atoms with Crippen molar-refractivity contribution in [1.82, 2.24) is 4.68 Å². The maximum Gasteiger partial charge on any atom is 0.276 e. The predicted octanol–water partition coefficient (Wildman–Crippen LogP) is 3.37. The normalized spacial score (nSPS) is 10.4. The monoisotopic (exact) mass is 340 g/mol. The Hall–Kier alpha value is -1.98. The molecule has 0 aliphatic rings. The molecule has 0 unspecified atom stereocenters. The number of carbonyl (C=O) groups is 2. The van der Waals surface area contributed by atoms with Gasteiger partial charge in [-0.25, -0.2) is 0 Å². The maximum atomic E-state index is 12.0. The fourth-order valence-corrected chi connectivity index (χ4v) is 2.43. The van der Waals surface area contributed by atoms with Crippen LogP contribution in [0.5, 0.6) is 5.75 Å². The molecule has 0 radical (unpaired) electrons. The average molecular weight is 341 g/mol. The summed E-state index contributed by atoms with van der Waals surface area (Å²) in [4.78, 5) is 22.8. The van der Waals surface area contributed by atoms with E-state index in [9.17, 15) is 9.59 Å². The molecule has 5 nitrogen and oxygen atoms in total. The Labute approximate surface area is 137 Å². The molecule has 1 heterocycles. The topological polar surface area (TPSA) is 60.3 Å². The highest BCUT2D eigenvalue weighted by Crippen LogP contribution is 2.27. The number of nitrogens with zero attached hydrogens (tertiary/aromatic N) is 1. The molecule has 0 spiro atoms. The number of benzene rings is 1. The number of aromatic nitrogens is 1. The minimum atomic E-state index is -0.370. The molecule has 7 heteroatoms. The van der Waals surface area contributed by atoms with Crippen molar-refractivity contribution in [1.29, 1.82) is 0 Å². The van der Waals surface area contributed by atoms with Crippen LogP contribution < -0.4 is 10.2 Å². The lowest BCUT2D eigenvalue weighted by Crippen LogP contribution is -2.29. The Morgan fingerprint density at radius 2 is 2.05 bits per heavy atom. The third-order valence-electron chi connectivity index (χ3n) is 3.09. The second kappa shape index (κ2) is 6.85. The van der Waals surface area contributed by atoms with Crippen LogP contribution in [0.2, 0.25) is 10.0 Å². The zero-order valence-corrected chi connectivity index (χ0v) is 13.5. The van der Waals surface area contributed by atoms with E-state index in [4.69, 9.17) is 27.9 Å². The van der Waals surface area contributed by atoms with Crippen LogP contribution in [0, 0.1) is 13.8 Å². The third kappa shape index (κ3) is 3.61. The van der Waals surface area contributed by atoms with Crippen LogP contribution in [0.1, 0.15) is 21.7 Å². The van der Waals surface area contributed by atoms with E-state index in [-0.39, 0.29) is 12.5 Å². The van der Waals surface area contributed by atoms with E-state index in [1.807, 2.05) is 0 Å². The molecule has 2 rings (SSSR count). The van der Waals surface area contributed by atoms with Crippen molar-refractivity contribution in [2.45, 2.75) is 13.8 Å². The first-order valence-corrected chi connectivity index (χ1v) is 7.19. The summed E-state index contributed by atoms with van der Waals surface area (Å²) in [5.74, 6) is 0.000938. The van der Waals surface area contributed by atoms with E-state index < -0.39 is 0 Å². The number of hydrogen-bond donors (Lipinski definition) is 1. The number of hydrogen-bond acceptors (Lipinski definition) is 3. The number of ether oxygens (including phenoxy) is 1. The summed E-state index contributed by atoms with van der Waals surface area (Å²) >= 11 is 11.7. The molecule has 2 aromatic rings. The smallest absolute Gasteiger partial charge is 0.276 e. The summed E-state index contributed by atoms with van der Waals surface area (Å²) in [6.45, 7) is 3.32. The number of nitrogens with one attached hydrogen (secondary N) is 1. The minimum absolute atomic E-state index is 0.213. The SMILES string of the molecule is Cc1cc(C=O)c(C)n1NC(=O)COc1ccc(Cl)cc1Cl. The Morgan fingerprint density at radius 3 is 2.64 bits per heavy atom. The molecule has 0 aliphatic carbocycles. The van der Waals surface area contributed by atoms with Gasteiger partial charge in [0.1, 0.15) is 5.75 Å². The molecule has 0 bridgehead atoms. The Kier molecular flexibility index (Phi) is 5.11.